The Bertz CT molecular complexity index is 1670. The van der Waals surface area contributed by atoms with Gasteiger partial charge in [-0.1, -0.05) is 121 Å². The van der Waals surface area contributed by atoms with Gasteiger partial charge in [-0.25, -0.2) is 0 Å². The first-order valence-corrected chi connectivity index (χ1v) is 16.8. The highest BCUT2D eigenvalue weighted by molar-refractivity contribution is 7.69. The fourth-order valence-electron chi connectivity index (χ4n) is 4.82. The zero-order valence-corrected chi connectivity index (χ0v) is 24.7. The lowest BCUT2D eigenvalue weighted by atomic mass is 10.1. The second-order valence-corrected chi connectivity index (χ2v) is 14.2. The maximum atomic E-state index is 6.76. The van der Waals surface area contributed by atoms with Crippen molar-refractivity contribution in [1.29, 1.82) is 0 Å². The Morgan fingerprint density at radius 1 is 0.366 bits per heavy atom. The van der Waals surface area contributed by atoms with Crippen LogP contribution in [0.1, 0.15) is 0 Å². The number of rotatable bonds is 8. The van der Waals surface area contributed by atoms with Crippen molar-refractivity contribution < 1.29 is 9.05 Å². The van der Waals surface area contributed by atoms with E-state index in [0.717, 1.165) is 11.5 Å². The Hall–Kier alpha value is -4.00. The molecule has 0 saturated heterocycles. The Kier molecular flexibility index (Phi) is 7.50. The monoisotopic (exact) mass is 584 g/mol. The lowest BCUT2D eigenvalue weighted by Crippen LogP contribution is -2.15. The predicted molar refractivity (Wildman–Crippen MR) is 179 cm³/mol. The highest BCUT2D eigenvalue weighted by atomic mass is 32.1. The summed E-state index contributed by atoms with van der Waals surface area (Å²) in [4.78, 5) is 0. The molecule has 5 heteroatoms. The van der Waals surface area contributed by atoms with Crippen LogP contribution in [0.4, 0.5) is 0 Å². The van der Waals surface area contributed by atoms with Crippen LogP contribution in [0.3, 0.4) is 0 Å². The highest BCUT2D eigenvalue weighted by Crippen LogP contribution is 2.43. The third-order valence-electron chi connectivity index (χ3n) is 6.77. The molecule has 7 rings (SSSR count). The van der Waals surface area contributed by atoms with Gasteiger partial charge in [-0.3, -0.25) is 0 Å². The van der Waals surface area contributed by atoms with Crippen LogP contribution >= 0.6 is 27.6 Å². The molecule has 0 aliphatic carbocycles. The molecular formula is C36H26O2P2S. The fraction of sp³-hybridized carbons (Fsp3) is 0. The molecule has 7 aromatic rings. The Labute approximate surface area is 246 Å². The minimum atomic E-state index is -1.000. The van der Waals surface area contributed by atoms with Crippen LogP contribution in [-0.2, 0) is 0 Å². The molecule has 0 aliphatic rings. The van der Waals surface area contributed by atoms with Crippen LogP contribution in [0.5, 0.6) is 11.5 Å². The van der Waals surface area contributed by atoms with Gasteiger partial charge in [0, 0.05) is 41.4 Å². The minimum Gasteiger partial charge on any atom is -0.464 e. The summed E-state index contributed by atoms with van der Waals surface area (Å²) in [6.45, 7) is 0. The molecule has 0 aliphatic heterocycles. The minimum absolute atomic E-state index is 0.873. The van der Waals surface area contributed by atoms with E-state index in [1.807, 2.05) is 24.3 Å². The average molecular weight is 585 g/mol. The third-order valence-corrected chi connectivity index (χ3v) is 11.8. The van der Waals surface area contributed by atoms with E-state index in [2.05, 4.69) is 133 Å². The van der Waals surface area contributed by atoms with Crippen molar-refractivity contribution in [3.05, 3.63) is 158 Å². The van der Waals surface area contributed by atoms with Crippen LogP contribution in [0.2, 0.25) is 0 Å². The standard InChI is InChI=1S/C36H26O2P2S/c1-5-13-29(14-6-1)39(30-15-7-2-8-16-30)37-27-21-23-35-33(25-27)34-26-28(22-24-36(34)41-35)38-40(31-17-9-3-10-18-31)32-19-11-4-12-20-32/h1-26H. The van der Waals surface area contributed by atoms with Gasteiger partial charge in [-0.05, 0) is 36.4 Å². The molecule has 0 spiro atoms. The molecule has 1 aromatic heterocycles. The molecule has 0 saturated carbocycles. The van der Waals surface area contributed by atoms with Crippen LogP contribution in [0.25, 0.3) is 20.2 Å². The molecule has 41 heavy (non-hydrogen) atoms. The molecule has 0 unspecified atom stereocenters. The SMILES string of the molecule is c1ccc(P(Oc2ccc3sc4ccc(OP(c5ccccc5)c5ccccc5)cc4c3c2)c2ccccc2)cc1. The van der Waals surface area contributed by atoms with Crippen molar-refractivity contribution in [2.24, 2.45) is 0 Å². The van der Waals surface area contributed by atoms with Gasteiger partial charge in [-0.15, -0.1) is 11.3 Å². The number of thiophene rings is 1. The van der Waals surface area contributed by atoms with Crippen LogP contribution < -0.4 is 30.3 Å². The number of benzene rings is 6. The van der Waals surface area contributed by atoms with Gasteiger partial charge in [0.15, 0.2) is 16.3 Å². The van der Waals surface area contributed by atoms with Crippen molar-refractivity contribution >= 4 is 69.0 Å². The molecule has 0 N–H and O–H groups in total. The molecular weight excluding hydrogens is 558 g/mol. The van der Waals surface area contributed by atoms with Crippen molar-refractivity contribution in [2.45, 2.75) is 0 Å². The molecule has 0 fully saturated rings. The summed E-state index contributed by atoms with van der Waals surface area (Å²) in [5, 5.41) is 7.13. The predicted octanol–water partition coefficient (Wildman–Crippen LogP) is 8.91. The maximum Gasteiger partial charge on any atom is 0.150 e. The third kappa shape index (κ3) is 5.63. The maximum absolute atomic E-state index is 6.76. The first-order valence-electron chi connectivity index (χ1n) is 13.4. The number of hydrogen-bond donors (Lipinski definition) is 0. The molecule has 0 radical (unpaired) electrons. The van der Waals surface area contributed by atoms with Crippen molar-refractivity contribution in [1.82, 2.24) is 0 Å². The lowest BCUT2D eigenvalue weighted by molar-refractivity contribution is 0.630. The van der Waals surface area contributed by atoms with Gasteiger partial charge in [0.25, 0.3) is 0 Å². The summed E-state index contributed by atoms with van der Waals surface area (Å²) in [6.07, 6.45) is 0. The number of hydrogen-bond acceptors (Lipinski definition) is 3. The lowest BCUT2D eigenvalue weighted by Gasteiger charge is -2.20. The van der Waals surface area contributed by atoms with Crippen LogP contribution in [0, 0.1) is 0 Å². The molecule has 1 heterocycles. The summed E-state index contributed by atoms with van der Waals surface area (Å²) < 4.78 is 16.0. The van der Waals surface area contributed by atoms with Crippen LogP contribution in [0.15, 0.2) is 158 Å². The smallest absolute Gasteiger partial charge is 0.150 e. The second kappa shape index (κ2) is 11.9. The summed E-state index contributed by atoms with van der Waals surface area (Å²) >= 11 is 1.80. The molecule has 0 atom stereocenters. The van der Waals surface area contributed by atoms with Gasteiger partial charge < -0.3 is 9.05 Å². The zero-order chi connectivity index (χ0) is 27.4. The summed E-state index contributed by atoms with van der Waals surface area (Å²) in [5.41, 5.74) is 0. The van der Waals surface area contributed by atoms with Crippen molar-refractivity contribution in [3.8, 4) is 11.5 Å². The summed E-state index contributed by atoms with van der Waals surface area (Å²) in [6, 6.07) is 55.0. The van der Waals surface area contributed by atoms with E-state index in [-0.39, 0.29) is 0 Å². The fourth-order valence-corrected chi connectivity index (χ4v) is 9.33. The van der Waals surface area contributed by atoms with E-state index in [1.165, 1.54) is 41.4 Å². The Morgan fingerprint density at radius 2 is 0.683 bits per heavy atom. The van der Waals surface area contributed by atoms with Crippen molar-refractivity contribution in [3.63, 3.8) is 0 Å². The van der Waals surface area contributed by atoms with Gasteiger partial charge in [0.2, 0.25) is 0 Å². The van der Waals surface area contributed by atoms with Gasteiger partial charge in [0.05, 0.1) is 0 Å². The first kappa shape index (κ1) is 25.9. The topological polar surface area (TPSA) is 18.5 Å². The van der Waals surface area contributed by atoms with E-state index in [1.54, 1.807) is 11.3 Å². The van der Waals surface area contributed by atoms with E-state index < -0.39 is 16.3 Å². The molecule has 6 aromatic carbocycles. The van der Waals surface area contributed by atoms with Gasteiger partial charge >= 0.3 is 0 Å². The quantitative estimate of drug-likeness (QED) is 0.166. The zero-order valence-electron chi connectivity index (χ0n) is 22.1. The van der Waals surface area contributed by atoms with Gasteiger partial charge in [0.1, 0.15) is 11.5 Å². The second-order valence-electron chi connectivity index (χ2n) is 9.53. The van der Waals surface area contributed by atoms with E-state index in [9.17, 15) is 0 Å². The van der Waals surface area contributed by atoms with E-state index >= 15 is 0 Å². The first-order chi connectivity index (χ1) is 20.3. The Morgan fingerprint density at radius 3 is 1.00 bits per heavy atom. The molecule has 0 bridgehead atoms. The average Bonchev–Trinajstić information content (AvgIpc) is 3.41. The van der Waals surface area contributed by atoms with E-state index in [4.69, 9.17) is 9.05 Å². The highest BCUT2D eigenvalue weighted by Gasteiger charge is 2.19. The Balaban J connectivity index is 1.25. The molecule has 0 amide bonds. The number of fused-ring (bicyclic) bond motifs is 3. The molecule has 198 valence electrons. The molecule has 2 nitrogen and oxygen atoms in total. The van der Waals surface area contributed by atoms with E-state index in [0.29, 0.717) is 0 Å². The summed E-state index contributed by atoms with van der Waals surface area (Å²) in [7, 11) is -2.00. The summed E-state index contributed by atoms with van der Waals surface area (Å²) in [5.74, 6) is 1.75. The van der Waals surface area contributed by atoms with Gasteiger partial charge in [-0.2, -0.15) is 0 Å². The normalized spacial score (nSPS) is 11.4. The van der Waals surface area contributed by atoms with Crippen molar-refractivity contribution in [2.75, 3.05) is 0 Å². The van der Waals surface area contributed by atoms with Crippen LogP contribution in [-0.4, -0.2) is 0 Å². The largest absolute Gasteiger partial charge is 0.464 e.